The summed E-state index contributed by atoms with van der Waals surface area (Å²) < 4.78 is 0. The highest BCUT2D eigenvalue weighted by molar-refractivity contribution is 5.76. The molecule has 2 aromatic heterocycles. The number of nitrogens with zero attached hydrogens (tertiary/aromatic N) is 4. The Balaban J connectivity index is 1.96. The third-order valence-electron chi connectivity index (χ3n) is 4.38. The maximum absolute atomic E-state index is 11.4. The Morgan fingerprint density at radius 2 is 2.09 bits per heavy atom. The molecule has 6 nitrogen and oxygen atoms in total. The molecule has 6 heteroatoms. The summed E-state index contributed by atoms with van der Waals surface area (Å²) in [5.41, 5.74) is 1.15. The van der Waals surface area contributed by atoms with Crippen molar-refractivity contribution in [2.24, 2.45) is 5.41 Å². The number of rotatable bonds is 4. The van der Waals surface area contributed by atoms with Crippen LogP contribution >= 0.6 is 0 Å². The lowest BCUT2D eigenvalue weighted by atomic mass is 9.90. The van der Waals surface area contributed by atoms with E-state index < -0.39 is 11.4 Å². The van der Waals surface area contributed by atoms with Crippen molar-refractivity contribution in [3.63, 3.8) is 0 Å². The van der Waals surface area contributed by atoms with Gasteiger partial charge in [-0.25, -0.2) is 9.97 Å². The normalized spacial score (nSPS) is 20.7. The fourth-order valence-corrected chi connectivity index (χ4v) is 2.79. The van der Waals surface area contributed by atoms with Crippen molar-refractivity contribution in [2.45, 2.75) is 26.7 Å². The van der Waals surface area contributed by atoms with Gasteiger partial charge >= 0.3 is 5.97 Å². The van der Waals surface area contributed by atoms with Crippen molar-refractivity contribution in [1.82, 2.24) is 15.0 Å². The van der Waals surface area contributed by atoms with E-state index in [-0.39, 0.29) is 0 Å². The van der Waals surface area contributed by atoms with Crippen LogP contribution in [0, 0.1) is 5.41 Å². The molecule has 1 saturated heterocycles. The first-order chi connectivity index (χ1) is 11.0. The summed E-state index contributed by atoms with van der Waals surface area (Å²) >= 11 is 0. The molecule has 1 N–H and O–H groups in total. The lowest BCUT2D eigenvalue weighted by molar-refractivity contribution is -0.146. The highest BCUT2D eigenvalue weighted by Crippen LogP contribution is 2.33. The van der Waals surface area contributed by atoms with E-state index in [1.165, 1.54) is 0 Å². The minimum Gasteiger partial charge on any atom is -0.481 e. The van der Waals surface area contributed by atoms with E-state index in [9.17, 15) is 9.90 Å². The Morgan fingerprint density at radius 3 is 2.70 bits per heavy atom. The Hall–Kier alpha value is -2.50. The summed E-state index contributed by atoms with van der Waals surface area (Å²) in [6, 6.07) is 5.71. The Bertz CT molecular complexity index is 720. The van der Waals surface area contributed by atoms with Crippen molar-refractivity contribution >= 4 is 11.8 Å². The molecule has 120 valence electrons. The molecule has 0 saturated carbocycles. The summed E-state index contributed by atoms with van der Waals surface area (Å²) in [6.07, 6.45) is 4.86. The first-order valence-electron chi connectivity index (χ1n) is 7.78. The molecule has 0 spiro atoms. The van der Waals surface area contributed by atoms with Crippen molar-refractivity contribution in [2.75, 3.05) is 18.0 Å². The molecule has 1 aliphatic rings. The third kappa shape index (κ3) is 3.02. The van der Waals surface area contributed by atoms with Crippen LogP contribution in [0.5, 0.6) is 0 Å². The number of carboxylic acids is 1. The highest BCUT2D eigenvalue weighted by Gasteiger charge is 2.41. The van der Waals surface area contributed by atoms with Gasteiger partial charge in [0.1, 0.15) is 5.82 Å². The number of aromatic nitrogens is 3. The second kappa shape index (κ2) is 5.95. The zero-order valence-electron chi connectivity index (χ0n) is 13.4. The van der Waals surface area contributed by atoms with Gasteiger partial charge in [-0.05, 0) is 31.9 Å². The number of carboxylic acid groups (broad SMARTS) is 1. The van der Waals surface area contributed by atoms with E-state index in [0.29, 0.717) is 25.3 Å². The molecular formula is C17H20N4O2. The minimum atomic E-state index is -0.751. The molecule has 1 fully saturated rings. The minimum absolute atomic E-state index is 0.471. The summed E-state index contributed by atoms with van der Waals surface area (Å²) in [5.74, 6) is 0.707. The molecule has 0 aliphatic carbocycles. The number of anilines is 1. The molecule has 0 bridgehead atoms. The van der Waals surface area contributed by atoms with Gasteiger partial charge in [0.2, 0.25) is 0 Å². The molecule has 1 unspecified atom stereocenters. The van der Waals surface area contributed by atoms with Crippen LogP contribution in [-0.2, 0) is 11.2 Å². The van der Waals surface area contributed by atoms with Crippen LogP contribution < -0.4 is 4.90 Å². The van der Waals surface area contributed by atoms with Crippen molar-refractivity contribution in [3.05, 3.63) is 36.3 Å². The van der Waals surface area contributed by atoms with Gasteiger partial charge in [0.05, 0.1) is 5.41 Å². The van der Waals surface area contributed by atoms with Gasteiger partial charge < -0.3 is 10.0 Å². The summed E-state index contributed by atoms with van der Waals surface area (Å²) in [4.78, 5) is 26.7. The second-order valence-corrected chi connectivity index (χ2v) is 6.17. The zero-order chi connectivity index (χ0) is 16.4. The lowest BCUT2D eigenvalue weighted by Crippen LogP contribution is -2.32. The third-order valence-corrected chi connectivity index (χ3v) is 4.38. The van der Waals surface area contributed by atoms with E-state index >= 15 is 0 Å². The van der Waals surface area contributed by atoms with E-state index in [0.717, 1.165) is 23.5 Å². The predicted molar refractivity (Wildman–Crippen MR) is 87.2 cm³/mol. The monoisotopic (exact) mass is 312 g/mol. The standard InChI is InChI=1S/C17H20N4O2/c1-3-13-10-14(21-9-6-17(2,11-21)16(22)23)20-15(19-13)12-4-7-18-8-5-12/h4-5,7-8,10H,3,6,9,11H2,1-2H3,(H,22,23). The number of hydrogen-bond acceptors (Lipinski definition) is 5. The smallest absolute Gasteiger partial charge is 0.311 e. The molecule has 0 radical (unpaired) electrons. The van der Waals surface area contributed by atoms with Crippen LogP contribution in [0.25, 0.3) is 11.4 Å². The van der Waals surface area contributed by atoms with Gasteiger partial charge in [-0.1, -0.05) is 6.92 Å². The van der Waals surface area contributed by atoms with Gasteiger partial charge in [0.15, 0.2) is 5.82 Å². The molecule has 0 aromatic carbocycles. The number of aliphatic carboxylic acids is 1. The number of carbonyl (C=O) groups is 1. The largest absolute Gasteiger partial charge is 0.481 e. The second-order valence-electron chi connectivity index (χ2n) is 6.17. The van der Waals surface area contributed by atoms with Crippen LogP contribution in [-0.4, -0.2) is 39.1 Å². The van der Waals surface area contributed by atoms with E-state index in [1.54, 1.807) is 19.3 Å². The van der Waals surface area contributed by atoms with Gasteiger partial charge in [-0.3, -0.25) is 9.78 Å². The van der Waals surface area contributed by atoms with Gasteiger partial charge in [-0.15, -0.1) is 0 Å². The SMILES string of the molecule is CCc1cc(N2CCC(C)(C(=O)O)C2)nc(-c2ccncc2)n1. The molecule has 1 aliphatic heterocycles. The van der Waals surface area contributed by atoms with Crippen LogP contribution in [0.1, 0.15) is 26.0 Å². The van der Waals surface area contributed by atoms with E-state index in [2.05, 4.69) is 15.0 Å². The molecular weight excluding hydrogens is 292 g/mol. The molecule has 3 rings (SSSR count). The fourth-order valence-electron chi connectivity index (χ4n) is 2.79. The number of aryl methyl sites for hydroxylation is 1. The van der Waals surface area contributed by atoms with E-state index in [4.69, 9.17) is 0 Å². The first kappa shape index (κ1) is 15.4. The molecule has 3 heterocycles. The van der Waals surface area contributed by atoms with Crippen LogP contribution in [0.15, 0.2) is 30.6 Å². The zero-order valence-corrected chi connectivity index (χ0v) is 13.4. The predicted octanol–water partition coefficient (Wildman–Crippen LogP) is 2.40. The van der Waals surface area contributed by atoms with E-state index in [1.807, 2.05) is 30.0 Å². The van der Waals surface area contributed by atoms with Gasteiger partial charge in [-0.2, -0.15) is 0 Å². The average Bonchev–Trinajstić information content (AvgIpc) is 2.99. The summed E-state index contributed by atoms with van der Waals surface area (Å²) in [7, 11) is 0. The number of hydrogen-bond donors (Lipinski definition) is 1. The summed E-state index contributed by atoms with van der Waals surface area (Å²) in [5, 5.41) is 9.40. The molecule has 1 atom stereocenters. The van der Waals surface area contributed by atoms with Crippen molar-refractivity contribution in [1.29, 1.82) is 0 Å². The Morgan fingerprint density at radius 1 is 1.35 bits per heavy atom. The van der Waals surface area contributed by atoms with Gasteiger partial charge in [0.25, 0.3) is 0 Å². The molecule has 23 heavy (non-hydrogen) atoms. The quantitative estimate of drug-likeness (QED) is 0.934. The highest BCUT2D eigenvalue weighted by atomic mass is 16.4. The van der Waals surface area contributed by atoms with Crippen molar-refractivity contribution in [3.8, 4) is 11.4 Å². The average molecular weight is 312 g/mol. The fraction of sp³-hybridized carbons (Fsp3) is 0.412. The maximum Gasteiger partial charge on any atom is 0.311 e. The maximum atomic E-state index is 11.4. The lowest BCUT2D eigenvalue weighted by Gasteiger charge is -2.21. The topological polar surface area (TPSA) is 79.2 Å². The number of pyridine rings is 1. The first-order valence-corrected chi connectivity index (χ1v) is 7.78. The van der Waals surface area contributed by atoms with Crippen LogP contribution in [0.3, 0.4) is 0 Å². The Labute approximate surface area is 135 Å². The summed E-state index contributed by atoms with van der Waals surface area (Å²) in [6.45, 7) is 5.01. The molecule has 0 amide bonds. The van der Waals surface area contributed by atoms with Crippen LogP contribution in [0.2, 0.25) is 0 Å². The van der Waals surface area contributed by atoms with Crippen molar-refractivity contribution < 1.29 is 9.90 Å². The van der Waals surface area contributed by atoms with Gasteiger partial charge in [0, 0.05) is 42.8 Å². The van der Waals surface area contributed by atoms with Crippen LogP contribution in [0.4, 0.5) is 5.82 Å². The molecule has 2 aromatic rings. The Kier molecular flexibility index (Phi) is 3.98.